The van der Waals surface area contributed by atoms with E-state index < -0.39 is 12.0 Å². The van der Waals surface area contributed by atoms with Gasteiger partial charge in [0.1, 0.15) is 5.82 Å². The van der Waals surface area contributed by atoms with Crippen LogP contribution in [0, 0.1) is 0 Å². The molecular formula is C20H21N3O3. The summed E-state index contributed by atoms with van der Waals surface area (Å²) < 4.78 is 1.55. The second-order valence-corrected chi connectivity index (χ2v) is 6.29. The lowest BCUT2D eigenvalue weighted by Crippen LogP contribution is -2.28. The Morgan fingerprint density at radius 1 is 1.19 bits per heavy atom. The molecule has 3 rings (SSSR count). The maximum atomic E-state index is 13.3. The van der Waals surface area contributed by atoms with Crippen LogP contribution in [0.3, 0.4) is 0 Å². The highest BCUT2D eigenvalue weighted by Gasteiger charge is 2.17. The summed E-state index contributed by atoms with van der Waals surface area (Å²) in [7, 11) is 0. The highest BCUT2D eigenvalue weighted by atomic mass is 16.4. The molecule has 6 nitrogen and oxygen atoms in total. The van der Waals surface area contributed by atoms with E-state index in [0.29, 0.717) is 35.3 Å². The van der Waals surface area contributed by atoms with Gasteiger partial charge in [-0.2, -0.15) is 0 Å². The van der Waals surface area contributed by atoms with Gasteiger partial charge in [0.05, 0.1) is 22.6 Å². The highest BCUT2D eigenvalue weighted by Crippen LogP contribution is 2.20. The molecule has 0 saturated heterocycles. The van der Waals surface area contributed by atoms with Crippen LogP contribution in [0.1, 0.15) is 37.2 Å². The molecule has 134 valence electrons. The molecule has 3 N–H and O–H groups in total. The number of benzene rings is 2. The van der Waals surface area contributed by atoms with Crippen LogP contribution in [-0.4, -0.2) is 20.6 Å². The summed E-state index contributed by atoms with van der Waals surface area (Å²) in [5.74, 6) is -0.347. The molecule has 6 heteroatoms. The Labute approximate surface area is 150 Å². The lowest BCUT2D eigenvalue weighted by molar-refractivity contribution is -0.137. The second-order valence-electron chi connectivity index (χ2n) is 6.29. The third-order valence-electron chi connectivity index (χ3n) is 4.27. The Bertz CT molecular complexity index is 994. The molecule has 2 aromatic carbocycles. The zero-order valence-electron chi connectivity index (χ0n) is 14.6. The van der Waals surface area contributed by atoms with Crippen LogP contribution in [0.4, 0.5) is 0 Å². The minimum Gasteiger partial charge on any atom is -0.481 e. The number of carboxylic acids is 1. The second kappa shape index (κ2) is 7.49. The zero-order valence-corrected chi connectivity index (χ0v) is 14.6. The van der Waals surface area contributed by atoms with Crippen molar-refractivity contribution in [2.75, 3.05) is 0 Å². The SMILES string of the molecule is CC(N)c1nc2cccc(CCCC(=O)O)c2c(=O)n1-c1ccccc1. The first-order chi connectivity index (χ1) is 12.5. The van der Waals surface area contributed by atoms with E-state index in [0.717, 1.165) is 5.56 Å². The van der Waals surface area contributed by atoms with Gasteiger partial charge in [-0.1, -0.05) is 30.3 Å². The molecule has 0 aliphatic rings. The molecule has 1 aromatic heterocycles. The number of hydrogen-bond acceptors (Lipinski definition) is 4. The van der Waals surface area contributed by atoms with Gasteiger partial charge in [0.25, 0.3) is 5.56 Å². The fraction of sp³-hybridized carbons (Fsp3) is 0.250. The third-order valence-corrected chi connectivity index (χ3v) is 4.27. The monoisotopic (exact) mass is 351 g/mol. The van der Waals surface area contributed by atoms with Gasteiger partial charge in [-0.05, 0) is 43.5 Å². The molecule has 0 spiro atoms. The molecule has 0 radical (unpaired) electrons. The van der Waals surface area contributed by atoms with E-state index in [1.165, 1.54) is 0 Å². The number of fused-ring (bicyclic) bond motifs is 1. The summed E-state index contributed by atoms with van der Waals surface area (Å²) >= 11 is 0. The summed E-state index contributed by atoms with van der Waals surface area (Å²) in [4.78, 5) is 28.7. The number of aromatic nitrogens is 2. The van der Waals surface area contributed by atoms with Crippen LogP contribution in [0.25, 0.3) is 16.6 Å². The fourth-order valence-electron chi connectivity index (χ4n) is 3.09. The summed E-state index contributed by atoms with van der Waals surface area (Å²) in [5.41, 5.74) is 8.00. The first-order valence-electron chi connectivity index (χ1n) is 8.56. The van der Waals surface area contributed by atoms with Gasteiger partial charge < -0.3 is 10.8 Å². The molecule has 0 aliphatic heterocycles. The predicted molar refractivity (Wildman–Crippen MR) is 101 cm³/mol. The number of carboxylic acid groups (broad SMARTS) is 1. The van der Waals surface area contributed by atoms with Crippen molar-refractivity contribution < 1.29 is 9.90 Å². The van der Waals surface area contributed by atoms with Gasteiger partial charge in [-0.3, -0.25) is 14.2 Å². The van der Waals surface area contributed by atoms with Crippen molar-refractivity contribution in [2.24, 2.45) is 5.73 Å². The van der Waals surface area contributed by atoms with E-state index in [-0.39, 0.29) is 12.0 Å². The Kier molecular flexibility index (Phi) is 5.14. The fourth-order valence-corrected chi connectivity index (χ4v) is 3.09. The normalized spacial score (nSPS) is 12.2. The molecular weight excluding hydrogens is 330 g/mol. The van der Waals surface area contributed by atoms with Crippen molar-refractivity contribution in [3.63, 3.8) is 0 Å². The predicted octanol–water partition coefficient (Wildman–Crippen LogP) is 2.81. The third kappa shape index (κ3) is 3.50. The summed E-state index contributed by atoms with van der Waals surface area (Å²) in [6, 6.07) is 14.3. The van der Waals surface area contributed by atoms with Crippen LogP contribution in [0.5, 0.6) is 0 Å². The largest absolute Gasteiger partial charge is 0.481 e. The minimum absolute atomic E-state index is 0.0641. The molecule has 0 fully saturated rings. The van der Waals surface area contributed by atoms with Crippen LogP contribution < -0.4 is 11.3 Å². The van der Waals surface area contributed by atoms with Crippen molar-refractivity contribution in [3.05, 3.63) is 70.3 Å². The van der Waals surface area contributed by atoms with Gasteiger partial charge in [-0.15, -0.1) is 0 Å². The Morgan fingerprint density at radius 3 is 2.58 bits per heavy atom. The van der Waals surface area contributed by atoms with Crippen molar-refractivity contribution in [1.82, 2.24) is 9.55 Å². The zero-order chi connectivity index (χ0) is 18.7. The molecule has 3 aromatic rings. The number of aliphatic carboxylic acids is 1. The molecule has 1 heterocycles. The molecule has 0 aliphatic carbocycles. The van der Waals surface area contributed by atoms with Crippen molar-refractivity contribution in [1.29, 1.82) is 0 Å². The van der Waals surface area contributed by atoms with E-state index in [1.807, 2.05) is 42.5 Å². The molecule has 0 saturated carbocycles. The summed E-state index contributed by atoms with van der Waals surface area (Å²) in [5, 5.41) is 9.38. The van der Waals surface area contributed by atoms with Crippen LogP contribution in [0.2, 0.25) is 0 Å². The molecule has 1 atom stereocenters. The maximum Gasteiger partial charge on any atom is 0.303 e. The van der Waals surface area contributed by atoms with Gasteiger partial charge in [0, 0.05) is 6.42 Å². The lowest BCUT2D eigenvalue weighted by atomic mass is 10.0. The van der Waals surface area contributed by atoms with Crippen molar-refractivity contribution in [3.8, 4) is 5.69 Å². The average Bonchev–Trinajstić information content (AvgIpc) is 2.61. The maximum absolute atomic E-state index is 13.3. The number of rotatable bonds is 6. The van der Waals surface area contributed by atoms with Crippen LogP contribution in [0.15, 0.2) is 53.3 Å². The van der Waals surface area contributed by atoms with E-state index >= 15 is 0 Å². The van der Waals surface area contributed by atoms with Crippen LogP contribution >= 0.6 is 0 Å². The minimum atomic E-state index is -0.843. The van der Waals surface area contributed by atoms with Crippen molar-refractivity contribution in [2.45, 2.75) is 32.2 Å². The number of carbonyl (C=O) groups is 1. The molecule has 0 bridgehead atoms. The Balaban J connectivity index is 2.22. The number of hydrogen-bond donors (Lipinski definition) is 2. The Morgan fingerprint density at radius 2 is 1.92 bits per heavy atom. The number of para-hydroxylation sites is 1. The highest BCUT2D eigenvalue weighted by molar-refractivity contribution is 5.82. The first-order valence-corrected chi connectivity index (χ1v) is 8.56. The van der Waals surface area contributed by atoms with E-state index in [2.05, 4.69) is 4.98 Å². The van der Waals surface area contributed by atoms with Crippen molar-refractivity contribution >= 4 is 16.9 Å². The average molecular weight is 351 g/mol. The van der Waals surface area contributed by atoms with E-state index in [9.17, 15) is 9.59 Å². The number of aryl methyl sites for hydroxylation is 1. The van der Waals surface area contributed by atoms with Gasteiger partial charge in [0.2, 0.25) is 0 Å². The molecule has 1 unspecified atom stereocenters. The standard InChI is InChI=1S/C20H21N3O3/c1-13(21)19-22-16-11-5-7-14(8-6-12-17(24)25)18(16)20(26)23(19)15-9-3-2-4-10-15/h2-5,7,9-11,13H,6,8,12,21H2,1H3,(H,24,25). The topological polar surface area (TPSA) is 98.2 Å². The quantitative estimate of drug-likeness (QED) is 0.711. The van der Waals surface area contributed by atoms with E-state index in [4.69, 9.17) is 10.8 Å². The lowest BCUT2D eigenvalue weighted by Gasteiger charge is -2.17. The summed E-state index contributed by atoms with van der Waals surface area (Å²) in [6.45, 7) is 1.80. The first kappa shape index (κ1) is 17.8. The number of nitrogens with two attached hydrogens (primary N) is 1. The van der Waals surface area contributed by atoms with Gasteiger partial charge in [-0.25, -0.2) is 4.98 Å². The summed E-state index contributed by atoms with van der Waals surface area (Å²) in [6.07, 6.45) is 1.04. The van der Waals surface area contributed by atoms with Gasteiger partial charge >= 0.3 is 5.97 Å². The van der Waals surface area contributed by atoms with Crippen LogP contribution in [-0.2, 0) is 11.2 Å². The molecule has 0 amide bonds. The smallest absolute Gasteiger partial charge is 0.303 e. The molecule has 26 heavy (non-hydrogen) atoms. The number of nitrogens with zero attached hydrogens (tertiary/aromatic N) is 2. The van der Waals surface area contributed by atoms with E-state index in [1.54, 1.807) is 17.6 Å². The van der Waals surface area contributed by atoms with Gasteiger partial charge in [0.15, 0.2) is 0 Å². The Hall–Kier alpha value is -2.99.